The molecular weight excluding hydrogens is 290 g/mol. The number of allylic oxidation sites excluding steroid dienone is 1. The molecule has 0 spiro atoms. The maximum absolute atomic E-state index is 6.25. The molecule has 0 aromatic carbocycles. The van der Waals surface area contributed by atoms with Crippen LogP contribution in [-0.2, 0) is 0 Å². The Morgan fingerprint density at radius 1 is 0.625 bits per heavy atom. The average Bonchev–Trinajstić information content (AvgIpc) is 2.59. The van der Waals surface area contributed by atoms with Gasteiger partial charge in [-0.25, -0.2) is 0 Å². The lowest BCUT2D eigenvalue weighted by Crippen LogP contribution is -2.19. The van der Waals surface area contributed by atoms with E-state index >= 15 is 0 Å². The van der Waals surface area contributed by atoms with Gasteiger partial charge in [0, 0.05) is 6.04 Å². The van der Waals surface area contributed by atoms with Crippen molar-refractivity contribution in [1.82, 2.24) is 0 Å². The minimum Gasteiger partial charge on any atom is -0.328 e. The van der Waals surface area contributed by atoms with Crippen LogP contribution in [0.3, 0.4) is 0 Å². The van der Waals surface area contributed by atoms with Crippen LogP contribution in [-0.4, -0.2) is 6.04 Å². The Bertz CT molecular complexity index is 236. The predicted octanol–water partition coefficient (Wildman–Crippen LogP) is 7.93. The van der Waals surface area contributed by atoms with E-state index in [1.807, 2.05) is 6.08 Å². The maximum Gasteiger partial charge on any atom is 0.00388 e. The van der Waals surface area contributed by atoms with Crippen molar-refractivity contribution < 1.29 is 0 Å². The van der Waals surface area contributed by atoms with E-state index in [1.54, 1.807) is 0 Å². The molecule has 0 aliphatic heterocycles. The predicted molar refractivity (Wildman–Crippen MR) is 112 cm³/mol. The monoisotopic (exact) mass is 337 g/mol. The van der Waals surface area contributed by atoms with Crippen molar-refractivity contribution in [2.24, 2.45) is 5.73 Å². The Hall–Kier alpha value is -0.300. The molecule has 0 saturated carbocycles. The van der Waals surface area contributed by atoms with E-state index in [4.69, 9.17) is 5.73 Å². The fourth-order valence-electron chi connectivity index (χ4n) is 3.44. The molecule has 0 saturated heterocycles. The zero-order valence-electron chi connectivity index (χ0n) is 16.9. The summed E-state index contributed by atoms with van der Waals surface area (Å²) in [7, 11) is 0. The molecule has 0 radical (unpaired) electrons. The Labute approximate surface area is 153 Å². The van der Waals surface area contributed by atoms with E-state index in [9.17, 15) is 0 Å². The van der Waals surface area contributed by atoms with Gasteiger partial charge in [0.1, 0.15) is 0 Å². The van der Waals surface area contributed by atoms with E-state index in [0.29, 0.717) is 6.04 Å². The molecular formula is C23H47N. The number of nitrogens with two attached hydrogens (primary N) is 1. The molecule has 0 aliphatic rings. The highest BCUT2D eigenvalue weighted by Crippen LogP contribution is 2.14. The minimum atomic E-state index is 0.458. The Morgan fingerprint density at radius 2 is 1.00 bits per heavy atom. The molecule has 1 unspecified atom stereocenters. The Balaban J connectivity index is 3.13. The number of hydrogen-bond donors (Lipinski definition) is 1. The van der Waals surface area contributed by atoms with E-state index in [-0.39, 0.29) is 0 Å². The molecule has 0 aliphatic carbocycles. The SMILES string of the molecule is C=CCCCCCCCCC(N)CCCCCCCCCCCC. The van der Waals surface area contributed by atoms with E-state index in [1.165, 1.54) is 122 Å². The summed E-state index contributed by atoms with van der Waals surface area (Å²) in [6.07, 6.45) is 28.1. The van der Waals surface area contributed by atoms with Gasteiger partial charge >= 0.3 is 0 Å². The molecule has 24 heavy (non-hydrogen) atoms. The second-order valence-electron chi connectivity index (χ2n) is 7.72. The zero-order valence-corrected chi connectivity index (χ0v) is 16.9. The summed E-state index contributed by atoms with van der Waals surface area (Å²) in [5.74, 6) is 0. The lowest BCUT2D eigenvalue weighted by molar-refractivity contribution is 0.480. The molecule has 0 heterocycles. The van der Waals surface area contributed by atoms with Gasteiger partial charge in [-0.2, -0.15) is 0 Å². The van der Waals surface area contributed by atoms with Crippen LogP contribution < -0.4 is 5.73 Å². The quantitative estimate of drug-likeness (QED) is 0.177. The number of hydrogen-bond acceptors (Lipinski definition) is 1. The highest BCUT2D eigenvalue weighted by atomic mass is 14.6. The largest absolute Gasteiger partial charge is 0.328 e. The molecule has 1 atom stereocenters. The molecule has 0 fully saturated rings. The summed E-state index contributed by atoms with van der Waals surface area (Å²) in [4.78, 5) is 0. The van der Waals surface area contributed by atoms with Gasteiger partial charge in [-0.15, -0.1) is 6.58 Å². The van der Waals surface area contributed by atoms with Crippen LogP contribution in [0.1, 0.15) is 129 Å². The highest BCUT2D eigenvalue weighted by molar-refractivity contribution is 4.65. The lowest BCUT2D eigenvalue weighted by Gasteiger charge is -2.11. The molecule has 1 nitrogen and oxygen atoms in total. The lowest BCUT2D eigenvalue weighted by atomic mass is 10.0. The smallest absolute Gasteiger partial charge is 0.00388 e. The first-order valence-electron chi connectivity index (χ1n) is 11.2. The van der Waals surface area contributed by atoms with Gasteiger partial charge in [0.05, 0.1) is 0 Å². The van der Waals surface area contributed by atoms with Crippen molar-refractivity contribution in [3.63, 3.8) is 0 Å². The molecule has 0 bridgehead atoms. The van der Waals surface area contributed by atoms with Crippen LogP contribution in [0.25, 0.3) is 0 Å². The first kappa shape index (κ1) is 23.7. The third-order valence-corrected chi connectivity index (χ3v) is 5.16. The molecule has 1 heteroatoms. The summed E-state index contributed by atoms with van der Waals surface area (Å²) in [5.41, 5.74) is 6.25. The summed E-state index contributed by atoms with van der Waals surface area (Å²) in [6.45, 7) is 6.06. The summed E-state index contributed by atoms with van der Waals surface area (Å²) in [5, 5.41) is 0. The van der Waals surface area contributed by atoms with Gasteiger partial charge in [-0.1, -0.05) is 109 Å². The number of unbranched alkanes of at least 4 members (excludes halogenated alkanes) is 15. The molecule has 0 rings (SSSR count). The van der Waals surface area contributed by atoms with Gasteiger partial charge in [-0.05, 0) is 25.7 Å². The highest BCUT2D eigenvalue weighted by Gasteiger charge is 2.02. The van der Waals surface area contributed by atoms with E-state index in [2.05, 4.69) is 13.5 Å². The fraction of sp³-hybridized carbons (Fsp3) is 0.913. The van der Waals surface area contributed by atoms with Crippen LogP contribution >= 0.6 is 0 Å². The van der Waals surface area contributed by atoms with Crippen LogP contribution in [0.15, 0.2) is 12.7 Å². The van der Waals surface area contributed by atoms with Crippen molar-refractivity contribution in [2.75, 3.05) is 0 Å². The van der Waals surface area contributed by atoms with Crippen molar-refractivity contribution >= 4 is 0 Å². The molecule has 0 aromatic rings. The average molecular weight is 338 g/mol. The van der Waals surface area contributed by atoms with E-state index in [0.717, 1.165) is 0 Å². The second kappa shape index (κ2) is 20.7. The van der Waals surface area contributed by atoms with Crippen molar-refractivity contribution in [2.45, 2.75) is 135 Å². The first-order valence-corrected chi connectivity index (χ1v) is 11.2. The first-order chi connectivity index (χ1) is 11.8. The topological polar surface area (TPSA) is 26.0 Å². The Morgan fingerprint density at radius 3 is 1.42 bits per heavy atom. The van der Waals surface area contributed by atoms with Gasteiger partial charge < -0.3 is 5.73 Å². The van der Waals surface area contributed by atoms with Gasteiger partial charge in [0.25, 0.3) is 0 Å². The minimum absolute atomic E-state index is 0.458. The third-order valence-electron chi connectivity index (χ3n) is 5.16. The number of rotatable bonds is 20. The second-order valence-corrected chi connectivity index (χ2v) is 7.72. The summed E-state index contributed by atoms with van der Waals surface area (Å²) in [6, 6.07) is 0.458. The van der Waals surface area contributed by atoms with Crippen LogP contribution in [0, 0.1) is 0 Å². The fourth-order valence-corrected chi connectivity index (χ4v) is 3.44. The maximum atomic E-state index is 6.25. The van der Waals surface area contributed by atoms with Gasteiger partial charge in [-0.3, -0.25) is 0 Å². The standard InChI is InChI=1S/C23H47N/c1-3-5-7-9-11-13-14-16-18-20-22-23(24)21-19-17-15-12-10-8-6-4-2/h4,23H,2-3,5-22,24H2,1H3. The van der Waals surface area contributed by atoms with Crippen LogP contribution in [0.2, 0.25) is 0 Å². The molecule has 0 aromatic heterocycles. The third kappa shape index (κ3) is 19.7. The van der Waals surface area contributed by atoms with Gasteiger partial charge in [0.2, 0.25) is 0 Å². The van der Waals surface area contributed by atoms with Gasteiger partial charge in [0.15, 0.2) is 0 Å². The molecule has 2 N–H and O–H groups in total. The van der Waals surface area contributed by atoms with Crippen LogP contribution in [0.5, 0.6) is 0 Å². The normalized spacial score (nSPS) is 12.4. The van der Waals surface area contributed by atoms with E-state index < -0.39 is 0 Å². The molecule has 0 amide bonds. The molecule has 144 valence electrons. The zero-order chi connectivity index (χ0) is 17.7. The summed E-state index contributed by atoms with van der Waals surface area (Å²) >= 11 is 0. The van der Waals surface area contributed by atoms with Crippen molar-refractivity contribution in [1.29, 1.82) is 0 Å². The Kier molecular flexibility index (Phi) is 20.5. The summed E-state index contributed by atoms with van der Waals surface area (Å²) < 4.78 is 0. The van der Waals surface area contributed by atoms with Crippen molar-refractivity contribution in [3.05, 3.63) is 12.7 Å². The van der Waals surface area contributed by atoms with Crippen LogP contribution in [0.4, 0.5) is 0 Å². The van der Waals surface area contributed by atoms with Crippen molar-refractivity contribution in [3.8, 4) is 0 Å².